The van der Waals surface area contributed by atoms with E-state index in [-0.39, 0.29) is 0 Å². The third-order valence-corrected chi connectivity index (χ3v) is 4.66. The van der Waals surface area contributed by atoms with Gasteiger partial charge in [0, 0.05) is 34.8 Å². The predicted octanol–water partition coefficient (Wildman–Crippen LogP) is 3.61. The van der Waals surface area contributed by atoms with Crippen LogP contribution < -0.4 is 5.32 Å². The van der Waals surface area contributed by atoms with Gasteiger partial charge in [0.25, 0.3) is 0 Å². The van der Waals surface area contributed by atoms with Gasteiger partial charge in [0.15, 0.2) is 0 Å². The molecule has 1 aromatic carbocycles. The fraction of sp³-hybridized carbons (Fsp3) is 0.467. The first-order valence-corrected chi connectivity index (χ1v) is 7.33. The largest absolute Gasteiger partial charge is 0.380 e. The van der Waals surface area contributed by atoms with Crippen LogP contribution in [0.4, 0.5) is 0 Å². The van der Waals surface area contributed by atoms with Crippen LogP contribution in [0.1, 0.15) is 28.8 Å². The lowest BCUT2D eigenvalue weighted by atomic mass is 10.1. The van der Waals surface area contributed by atoms with Crippen LogP contribution >= 0.6 is 11.3 Å². The monoisotopic (exact) mass is 261 g/mol. The maximum absolute atomic E-state index is 5.38. The first-order chi connectivity index (χ1) is 8.78. The number of thiophene rings is 1. The van der Waals surface area contributed by atoms with Gasteiger partial charge in [-0.2, -0.15) is 0 Å². The fourth-order valence-corrected chi connectivity index (χ4v) is 3.42. The van der Waals surface area contributed by atoms with E-state index >= 15 is 0 Å². The van der Waals surface area contributed by atoms with Gasteiger partial charge in [0.05, 0.1) is 6.61 Å². The molecule has 0 unspecified atom stereocenters. The highest BCUT2D eigenvalue weighted by Crippen LogP contribution is 2.33. The zero-order chi connectivity index (χ0) is 12.5. The molecule has 1 aliphatic carbocycles. The zero-order valence-corrected chi connectivity index (χ0v) is 11.8. The smallest absolute Gasteiger partial charge is 0.0730 e. The molecule has 18 heavy (non-hydrogen) atoms. The summed E-state index contributed by atoms with van der Waals surface area (Å²) >= 11 is 1.90. The van der Waals surface area contributed by atoms with E-state index in [9.17, 15) is 0 Å². The van der Waals surface area contributed by atoms with Crippen molar-refractivity contribution in [2.24, 2.45) is 0 Å². The summed E-state index contributed by atoms with van der Waals surface area (Å²) < 4.78 is 6.75. The number of aryl methyl sites for hydroxylation is 1. The second-order valence-electron chi connectivity index (χ2n) is 5.09. The Morgan fingerprint density at radius 1 is 1.39 bits per heavy atom. The molecule has 0 radical (unpaired) electrons. The standard InChI is InChI=1S/C15H19NOS/c1-10-3-6-14-12(7-10)13(9-17-2)15(18-14)8-16-11-4-5-11/h3,6-7,11,16H,4-5,8-9H2,1-2H3. The Hall–Kier alpha value is -0.900. The summed E-state index contributed by atoms with van der Waals surface area (Å²) in [6.07, 6.45) is 2.67. The third-order valence-electron chi connectivity index (χ3n) is 3.45. The van der Waals surface area contributed by atoms with Crippen molar-refractivity contribution in [2.45, 2.75) is 39.0 Å². The van der Waals surface area contributed by atoms with Crippen LogP contribution in [0.15, 0.2) is 18.2 Å². The van der Waals surface area contributed by atoms with Gasteiger partial charge in [-0.15, -0.1) is 11.3 Å². The summed E-state index contributed by atoms with van der Waals surface area (Å²) in [6, 6.07) is 7.45. The van der Waals surface area contributed by atoms with Crippen LogP contribution in [0.25, 0.3) is 10.1 Å². The Morgan fingerprint density at radius 2 is 2.22 bits per heavy atom. The molecule has 1 heterocycles. The molecule has 1 aromatic heterocycles. The summed E-state index contributed by atoms with van der Waals surface area (Å²) in [4.78, 5) is 1.43. The summed E-state index contributed by atoms with van der Waals surface area (Å²) in [5, 5.41) is 4.97. The summed E-state index contributed by atoms with van der Waals surface area (Å²) in [7, 11) is 1.78. The number of ether oxygens (including phenoxy) is 1. The molecule has 96 valence electrons. The van der Waals surface area contributed by atoms with Crippen LogP contribution in [-0.2, 0) is 17.9 Å². The van der Waals surface area contributed by atoms with Crippen molar-refractivity contribution in [3.05, 3.63) is 34.2 Å². The normalized spacial score (nSPS) is 15.4. The molecular weight excluding hydrogens is 242 g/mol. The number of hydrogen-bond acceptors (Lipinski definition) is 3. The van der Waals surface area contributed by atoms with Crippen LogP contribution in [0, 0.1) is 6.92 Å². The van der Waals surface area contributed by atoms with Crippen LogP contribution in [0.5, 0.6) is 0 Å². The highest BCUT2D eigenvalue weighted by Gasteiger charge is 2.21. The number of hydrogen-bond donors (Lipinski definition) is 1. The molecule has 1 aliphatic rings. The number of fused-ring (bicyclic) bond motifs is 1. The van der Waals surface area contributed by atoms with E-state index in [4.69, 9.17) is 4.74 Å². The molecule has 1 saturated carbocycles. The average Bonchev–Trinajstić information content (AvgIpc) is 3.13. The molecule has 3 rings (SSSR count). The maximum atomic E-state index is 5.38. The van der Waals surface area contributed by atoms with Crippen molar-refractivity contribution in [3.8, 4) is 0 Å². The zero-order valence-electron chi connectivity index (χ0n) is 11.0. The van der Waals surface area contributed by atoms with E-state index in [1.807, 2.05) is 11.3 Å². The number of methoxy groups -OCH3 is 1. The highest BCUT2D eigenvalue weighted by atomic mass is 32.1. The summed E-state index contributed by atoms with van der Waals surface area (Å²) in [5.74, 6) is 0. The van der Waals surface area contributed by atoms with Crippen molar-refractivity contribution in [2.75, 3.05) is 7.11 Å². The number of rotatable bonds is 5. The Balaban J connectivity index is 1.96. The Labute approximate surface area is 112 Å². The Bertz CT molecular complexity index is 557. The first-order valence-electron chi connectivity index (χ1n) is 6.51. The predicted molar refractivity (Wildman–Crippen MR) is 77.1 cm³/mol. The SMILES string of the molecule is COCc1c(CNC2CC2)sc2ccc(C)cc12. The fourth-order valence-electron chi connectivity index (χ4n) is 2.28. The van der Waals surface area contributed by atoms with Gasteiger partial charge < -0.3 is 10.1 Å². The van der Waals surface area contributed by atoms with Crippen LogP contribution in [-0.4, -0.2) is 13.2 Å². The van der Waals surface area contributed by atoms with E-state index in [0.717, 1.165) is 12.6 Å². The molecule has 0 bridgehead atoms. The van der Waals surface area contributed by atoms with Gasteiger partial charge in [0.1, 0.15) is 0 Å². The van der Waals surface area contributed by atoms with E-state index in [1.165, 1.54) is 38.9 Å². The van der Waals surface area contributed by atoms with Gasteiger partial charge in [-0.25, -0.2) is 0 Å². The minimum absolute atomic E-state index is 0.713. The molecule has 2 nitrogen and oxygen atoms in total. The van der Waals surface area contributed by atoms with Gasteiger partial charge >= 0.3 is 0 Å². The van der Waals surface area contributed by atoms with Crippen LogP contribution in [0.2, 0.25) is 0 Å². The van der Waals surface area contributed by atoms with Crippen molar-refractivity contribution < 1.29 is 4.74 Å². The topological polar surface area (TPSA) is 21.3 Å². The average molecular weight is 261 g/mol. The molecule has 1 fully saturated rings. The Kier molecular flexibility index (Phi) is 3.37. The van der Waals surface area contributed by atoms with Crippen molar-refractivity contribution >= 4 is 21.4 Å². The van der Waals surface area contributed by atoms with Gasteiger partial charge in [-0.3, -0.25) is 0 Å². The van der Waals surface area contributed by atoms with E-state index in [2.05, 4.69) is 30.4 Å². The molecular formula is C15H19NOS. The van der Waals surface area contributed by atoms with Gasteiger partial charge in [0.2, 0.25) is 0 Å². The molecule has 0 spiro atoms. The van der Waals surface area contributed by atoms with Gasteiger partial charge in [-0.05, 0) is 31.2 Å². The Morgan fingerprint density at radius 3 is 2.94 bits per heavy atom. The molecule has 0 saturated heterocycles. The molecule has 0 aliphatic heterocycles. The lowest BCUT2D eigenvalue weighted by molar-refractivity contribution is 0.185. The number of nitrogens with one attached hydrogen (secondary N) is 1. The number of benzene rings is 1. The van der Waals surface area contributed by atoms with Crippen LogP contribution in [0.3, 0.4) is 0 Å². The third kappa shape index (κ3) is 2.44. The summed E-state index contributed by atoms with van der Waals surface area (Å²) in [5.41, 5.74) is 2.69. The van der Waals surface area contributed by atoms with E-state index < -0.39 is 0 Å². The molecule has 3 heteroatoms. The minimum atomic E-state index is 0.713. The van der Waals surface area contributed by atoms with E-state index in [0.29, 0.717) is 6.61 Å². The quantitative estimate of drug-likeness (QED) is 0.888. The maximum Gasteiger partial charge on any atom is 0.0730 e. The first kappa shape index (κ1) is 12.2. The molecule has 2 aromatic rings. The lowest BCUT2D eigenvalue weighted by Crippen LogP contribution is -2.15. The molecule has 0 amide bonds. The van der Waals surface area contributed by atoms with E-state index in [1.54, 1.807) is 7.11 Å². The highest BCUT2D eigenvalue weighted by molar-refractivity contribution is 7.19. The second-order valence-corrected chi connectivity index (χ2v) is 6.23. The lowest BCUT2D eigenvalue weighted by Gasteiger charge is -2.05. The second kappa shape index (κ2) is 5.00. The van der Waals surface area contributed by atoms with Crippen molar-refractivity contribution in [3.63, 3.8) is 0 Å². The summed E-state index contributed by atoms with van der Waals surface area (Å²) in [6.45, 7) is 3.85. The van der Waals surface area contributed by atoms with Crippen molar-refractivity contribution in [1.29, 1.82) is 0 Å². The molecule has 1 N–H and O–H groups in total. The minimum Gasteiger partial charge on any atom is -0.380 e. The van der Waals surface area contributed by atoms with Crippen molar-refractivity contribution in [1.82, 2.24) is 5.32 Å². The molecule has 0 atom stereocenters. The van der Waals surface area contributed by atoms with Gasteiger partial charge in [-0.1, -0.05) is 17.7 Å².